The van der Waals surface area contributed by atoms with E-state index in [1.165, 1.54) is 0 Å². The van der Waals surface area contributed by atoms with Gasteiger partial charge in [0.25, 0.3) is 0 Å². The Morgan fingerprint density at radius 3 is 2.72 bits per heavy atom. The van der Waals surface area contributed by atoms with Crippen LogP contribution in [0.2, 0.25) is 0 Å². The van der Waals surface area contributed by atoms with Crippen molar-refractivity contribution in [2.24, 2.45) is 0 Å². The van der Waals surface area contributed by atoms with E-state index in [0.717, 1.165) is 11.4 Å². The Morgan fingerprint density at radius 2 is 2.11 bits per heavy atom. The van der Waals surface area contributed by atoms with E-state index in [9.17, 15) is 0 Å². The van der Waals surface area contributed by atoms with Crippen LogP contribution in [0.3, 0.4) is 0 Å². The predicted molar refractivity (Wildman–Crippen MR) is 75.5 cm³/mol. The maximum absolute atomic E-state index is 8.68. The third kappa shape index (κ3) is 4.38. The van der Waals surface area contributed by atoms with Crippen molar-refractivity contribution in [3.8, 4) is 11.5 Å². The van der Waals surface area contributed by atoms with E-state index >= 15 is 0 Å². The first-order valence-corrected chi connectivity index (χ1v) is 5.99. The van der Waals surface area contributed by atoms with Crippen LogP contribution in [0, 0.1) is 0 Å². The highest BCUT2D eigenvalue weighted by molar-refractivity contribution is 7.80. The third-order valence-corrected chi connectivity index (χ3v) is 2.52. The smallest absolute Gasteiger partial charge is 0.170 e. The number of rotatable bonds is 6. The number of thiocarbonyl (C=S) groups is 1. The van der Waals surface area contributed by atoms with Gasteiger partial charge in [0.15, 0.2) is 5.11 Å². The van der Waals surface area contributed by atoms with E-state index in [1.807, 2.05) is 6.07 Å². The van der Waals surface area contributed by atoms with Crippen LogP contribution in [-0.2, 0) is 0 Å². The van der Waals surface area contributed by atoms with Crippen LogP contribution in [0.5, 0.6) is 11.5 Å². The lowest BCUT2D eigenvalue weighted by Gasteiger charge is -2.14. The molecule has 0 bridgehead atoms. The first kappa shape index (κ1) is 14.5. The van der Waals surface area contributed by atoms with Crippen molar-refractivity contribution in [1.29, 1.82) is 0 Å². The lowest BCUT2D eigenvalue weighted by atomic mass is 10.2. The highest BCUT2D eigenvalue weighted by Crippen LogP contribution is 2.28. The van der Waals surface area contributed by atoms with Crippen LogP contribution in [0.4, 0.5) is 5.69 Å². The number of ether oxygens (including phenoxy) is 2. The summed E-state index contributed by atoms with van der Waals surface area (Å²) >= 11 is 5.14. The van der Waals surface area contributed by atoms with Gasteiger partial charge in [-0.05, 0) is 30.8 Å². The van der Waals surface area contributed by atoms with Crippen LogP contribution in [0.25, 0.3) is 0 Å². The average molecular weight is 270 g/mol. The fourth-order valence-corrected chi connectivity index (χ4v) is 1.57. The maximum Gasteiger partial charge on any atom is 0.170 e. The van der Waals surface area contributed by atoms with Crippen molar-refractivity contribution >= 4 is 23.0 Å². The fourth-order valence-electron chi connectivity index (χ4n) is 1.36. The Bertz CT molecular complexity index is 399. The number of aliphatic hydroxyl groups is 1. The van der Waals surface area contributed by atoms with Gasteiger partial charge in [0, 0.05) is 19.2 Å². The van der Waals surface area contributed by atoms with Gasteiger partial charge in [0.2, 0.25) is 0 Å². The number of hydrogen-bond donors (Lipinski definition) is 3. The van der Waals surface area contributed by atoms with Crippen LogP contribution in [-0.4, -0.2) is 37.6 Å². The zero-order valence-electron chi connectivity index (χ0n) is 10.5. The molecule has 5 nitrogen and oxygen atoms in total. The second-order valence-electron chi connectivity index (χ2n) is 3.52. The lowest BCUT2D eigenvalue weighted by molar-refractivity contribution is 0.289. The standard InChI is InChI=1S/C12H18N2O3S/c1-16-9-4-5-11(17-2)10(8-9)14-12(18)13-6-3-7-15/h4-5,8,15H,3,6-7H2,1-2H3,(H2,13,14,18). The molecule has 0 heterocycles. The minimum absolute atomic E-state index is 0.137. The normalized spacial score (nSPS) is 9.72. The molecule has 0 spiro atoms. The summed E-state index contributed by atoms with van der Waals surface area (Å²) in [5, 5.41) is 15.2. The molecule has 0 aliphatic carbocycles. The van der Waals surface area contributed by atoms with Gasteiger partial charge >= 0.3 is 0 Å². The van der Waals surface area contributed by atoms with Gasteiger partial charge in [-0.2, -0.15) is 0 Å². The Morgan fingerprint density at radius 1 is 1.33 bits per heavy atom. The fraction of sp³-hybridized carbons (Fsp3) is 0.417. The second kappa shape index (κ2) is 7.73. The SMILES string of the molecule is COc1ccc(OC)c(NC(=S)NCCCO)c1. The molecule has 18 heavy (non-hydrogen) atoms. The molecule has 1 rings (SSSR count). The van der Waals surface area contributed by atoms with Crippen LogP contribution in [0.15, 0.2) is 18.2 Å². The second-order valence-corrected chi connectivity index (χ2v) is 3.93. The molecule has 100 valence electrons. The molecule has 0 saturated carbocycles. The molecule has 0 aliphatic heterocycles. The van der Waals surface area contributed by atoms with Crippen LogP contribution in [0.1, 0.15) is 6.42 Å². The van der Waals surface area contributed by atoms with Gasteiger partial charge in [0.1, 0.15) is 11.5 Å². The summed E-state index contributed by atoms with van der Waals surface area (Å²) < 4.78 is 10.4. The van der Waals surface area contributed by atoms with Crippen molar-refractivity contribution in [2.45, 2.75) is 6.42 Å². The zero-order valence-corrected chi connectivity index (χ0v) is 11.3. The number of nitrogens with one attached hydrogen (secondary N) is 2. The molecule has 0 aliphatic rings. The Labute approximate surface area is 112 Å². The van der Waals surface area contributed by atoms with E-state index in [-0.39, 0.29) is 6.61 Å². The molecule has 0 amide bonds. The van der Waals surface area contributed by atoms with Gasteiger partial charge in [-0.1, -0.05) is 0 Å². The monoisotopic (exact) mass is 270 g/mol. The Hall–Kier alpha value is -1.53. The summed E-state index contributed by atoms with van der Waals surface area (Å²) in [5.41, 5.74) is 0.735. The van der Waals surface area contributed by atoms with Gasteiger partial charge in [-0.15, -0.1) is 0 Å². The molecule has 3 N–H and O–H groups in total. The number of hydrogen-bond acceptors (Lipinski definition) is 4. The van der Waals surface area contributed by atoms with E-state index < -0.39 is 0 Å². The highest BCUT2D eigenvalue weighted by atomic mass is 32.1. The number of aliphatic hydroxyl groups excluding tert-OH is 1. The predicted octanol–water partition coefficient (Wildman–Crippen LogP) is 1.37. The highest BCUT2D eigenvalue weighted by Gasteiger charge is 2.06. The van der Waals surface area contributed by atoms with Crippen LogP contribution >= 0.6 is 12.2 Å². The molecule has 1 aromatic rings. The van der Waals surface area contributed by atoms with E-state index in [2.05, 4.69) is 10.6 Å². The number of methoxy groups -OCH3 is 2. The minimum atomic E-state index is 0.137. The summed E-state index contributed by atoms with van der Waals surface area (Å²) in [7, 11) is 3.19. The van der Waals surface area contributed by atoms with E-state index in [1.54, 1.807) is 26.4 Å². The van der Waals surface area contributed by atoms with Gasteiger partial charge in [0.05, 0.1) is 19.9 Å². The van der Waals surface area contributed by atoms with Crippen molar-refractivity contribution in [3.05, 3.63) is 18.2 Å². The number of anilines is 1. The molecule has 0 radical (unpaired) electrons. The minimum Gasteiger partial charge on any atom is -0.497 e. The first-order valence-electron chi connectivity index (χ1n) is 5.59. The molecule has 0 atom stereocenters. The molecule has 0 fully saturated rings. The van der Waals surface area contributed by atoms with Gasteiger partial charge in [-0.3, -0.25) is 0 Å². The average Bonchev–Trinajstić information content (AvgIpc) is 2.39. The quantitative estimate of drug-likeness (QED) is 0.536. The molecule has 0 saturated heterocycles. The molecule has 6 heteroatoms. The van der Waals surface area contributed by atoms with Crippen molar-refractivity contribution in [2.75, 3.05) is 32.7 Å². The summed E-state index contributed by atoms with van der Waals surface area (Å²) in [6.07, 6.45) is 0.650. The molecular weight excluding hydrogens is 252 g/mol. The summed E-state index contributed by atoms with van der Waals surface area (Å²) in [6.45, 7) is 0.757. The third-order valence-electron chi connectivity index (χ3n) is 2.28. The summed E-state index contributed by atoms with van der Waals surface area (Å²) in [4.78, 5) is 0. The van der Waals surface area contributed by atoms with E-state index in [0.29, 0.717) is 23.8 Å². The molecular formula is C12H18N2O3S. The van der Waals surface area contributed by atoms with Crippen molar-refractivity contribution in [1.82, 2.24) is 5.32 Å². The zero-order chi connectivity index (χ0) is 13.4. The Kier molecular flexibility index (Phi) is 6.24. The summed E-state index contributed by atoms with van der Waals surface area (Å²) in [5.74, 6) is 1.40. The molecule has 0 aromatic heterocycles. The van der Waals surface area contributed by atoms with Gasteiger partial charge in [-0.25, -0.2) is 0 Å². The maximum atomic E-state index is 8.68. The largest absolute Gasteiger partial charge is 0.497 e. The molecule has 1 aromatic carbocycles. The van der Waals surface area contributed by atoms with Crippen molar-refractivity contribution in [3.63, 3.8) is 0 Å². The van der Waals surface area contributed by atoms with Crippen molar-refractivity contribution < 1.29 is 14.6 Å². The topological polar surface area (TPSA) is 62.8 Å². The summed E-state index contributed by atoms with van der Waals surface area (Å²) in [6, 6.07) is 5.42. The lowest BCUT2D eigenvalue weighted by Crippen LogP contribution is -2.29. The number of benzene rings is 1. The van der Waals surface area contributed by atoms with E-state index in [4.69, 9.17) is 26.8 Å². The Balaban J connectivity index is 2.66. The first-order chi connectivity index (χ1) is 8.71. The molecule has 0 unspecified atom stereocenters. The van der Waals surface area contributed by atoms with Crippen LogP contribution < -0.4 is 20.1 Å². The van der Waals surface area contributed by atoms with Gasteiger partial charge < -0.3 is 25.2 Å².